The second-order valence-corrected chi connectivity index (χ2v) is 9.44. The molecular formula is C18H31N7O2S. The van der Waals surface area contributed by atoms with Crippen molar-refractivity contribution in [3.8, 4) is 0 Å². The molecule has 4 N–H and O–H groups in total. The van der Waals surface area contributed by atoms with E-state index >= 15 is 0 Å². The first kappa shape index (κ1) is 20.8. The molecule has 156 valence electrons. The number of rotatable bonds is 7. The summed E-state index contributed by atoms with van der Waals surface area (Å²) in [5.41, 5.74) is 4.20. The van der Waals surface area contributed by atoms with Crippen LogP contribution in [-0.4, -0.2) is 75.2 Å². The molecule has 1 aromatic heterocycles. The minimum absolute atomic E-state index is 0.144. The number of hydrogen-bond donors (Lipinski definition) is 4. The summed E-state index contributed by atoms with van der Waals surface area (Å²) < 4.78 is 28.3. The Morgan fingerprint density at radius 2 is 1.96 bits per heavy atom. The van der Waals surface area contributed by atoms with Crippen LogP contribution in [0, 0.1) is 0 Å². The van der Waals surface area contributed by atoms with E-state index in [2.05, 4.69) is 30.7 Å². The van der Waals surface area contributed by atoms with Crippen molar-refractivity contribution in [3.05, 3.63) is 29.7 Å². The maximum Gasteiger partial charge on any atom is 0.263 e. The summed E-state index contributed by atoms with van der Waals surface area (Å²) in [7, 11) is -1.84. The highest BCUT2D eigenvalue weighted by molar-refractivity contribution is 7.89. The largest absolute Gasteiger partial charge is 0.369 e. The molecule has 0 unspecified atom stereocenters. The van der Waals surface area contributed by atoms with Crippen LogP contribution < -0.4 is 20.8 Å². The van der Waals surface area contributed by atoms with Crippen molar-refractivity contribution >= 4 is 15.8 Å². The van der Waals surface area contributed by atoms with Crippen LogP contribution in [-0.2, 0) is 10.0 Å². The molecule has 0 bridgehead atoms. The molecule has 2 aliphatic heterocycles. The molecule has 1 saturated heterocycles. The zero-order chi connectivity index (χ0) is 20.4. The van der Waals surface area contributed by atoms with Crippen LogP contribution in [0.3, 0.4) is 0 Å². The second kappa shape index (κ2) is 8.24. The topological polar surface area (TPSA) is 102 Å². The fraction of sp³-hybridized carbons (Fsp3) is 0.611. The standard InChI is InChI=1S/C18H31N7O2S/c1-14-17(18(2,3)23-24(14)4)22-28(26,27)15-5-6-16(21-13-15)20-9-12-25-10-7-19-8-11-25/h5-6,13,19,22-23H,7-12H2,1-4H3,(H,20,21). The zero-order valence-corrected chi connectivity index (χ0v) is 17.9. The van der Waals surface area contributed by atoms with Crippen molar-refractivity contribution in [2.45, 2.75) is 31.2 Å². The van der Waals surface area contributed by atoms with Crippen LogP contribution in [0.5, 0.6) is 0 Å². The normalized spacial score (nSPS) is 20.5. The van der Waals surface area contributed by atoms with Gasteiger partial charge in [0, 0.05) is 58.2 Å². The maximum atomic E-state index is 12.8. The summed E-state index contributed by atoms with van der Waals surface area (Å²) in [5.74, 6) is 0.673. The van der Waals surface area contributed by atoms with Gasteiger partial charge in [0.05, 0.1) is 11.2 Å². The summed E-state index contributed by atoms with van der Waals surface area (Å²) in [4.78, 5) is 6.80. The molecule has 10 heteroatoms. The van der Waals surface area contributed by atoms with E-state index in [0.717, 1.165) is 45.0 Å². The van der Waals surface area contributed by atoms with Crippen LogP contribution in [0.2, 0.25) is 0 Å². The Labute approximate surface area is 167 Å². The summed E-state index contributed by atoms with van der Waals surface area (Å²) >= 11 is 0. The molecular weight excluding hydrogens is 378 g/mol. The third kappa shape index (κ3) is 4.75. The Balaban J connectivity index is 1.60. The van der Waals surface area contributed by atoms with E-state index in [4.69, 9.17) is 0 Å². The zero-order valence-electron chi connectivity index (χ0n) is 17.0. The first-order valence-electron chi connectivity index (χ1n) is 9.58. The average Bonchev–Trinajstić information content (AvgIpc) is 2.84. The maximum absolute atomic E-state index is 12.8. The Morgan fingerprint density at radius 1 is 1.25 bits per heavy atom. The van der Waals surface area contributed by atoms with Gasteiger partial charge >= 0.3 is 0 Å². The molecule has 0 saturated carbocycles. The van der Waals surface area contributed by atoms with Crippen LogP contribution in [0.1, 0.15) is 20.8 Å². The highest BCUT2D eigenvalue weighted by Crippen LogP contribution is 2.27. The highest BCUT2D eigenvalue weighted by Gasteiger charge is 2.36. The van der Waals surface area contributed by atoms with Crippen molar-refractivity contribution in [3.63, 3.8) is 0 Å². The fourth-order valence-corrected chi connectivity index (χ4v) is 4.72. The van der Waals surface area contributed by atoms with E-state index in [-0.39, 0.29) is 4.90 Å². The van der Waals surface area contributed by atoms with E-state index in [0.29, 0.717) is 11.5 Å². The first-order chi connectivity index (χ1) is 13.2. The van der Waals surface area contributed by atoms with Gasteiger partial charge in [-0.25, -0.2) is 18.8 Å². The summed E-state index contributed by atoms with van der Waals surface area (Å²) in [6.07, 6.45) is 1.39. The molecule has 28 heavy (non-hydrogen) atoms. The van der Waals surface area contributed by atoms with Gasteiger partial charge in [-0.05, 0) is 32.9 Å². The number of sulfonamides is 1. The van der Waals surface area contributed by atoms with Gasteiger partial charge in [0.2, 0.25) is 0 Å². The highest BCUT2D eigenvalue weighted by atomic mass is 32.2. The minimum atomic E-state index is -3.71. The molecule has 0 radical (unpaired) electrons. The van der Waals surface area contributed by atoms with Gasteiger partial charge in [-0.1, -0.05) is 0 Å². The van der Waals surface area contributed by atoms with Crippen LogP contribution >= 0.6 is 0 Å². The van der Waals surface area contributed by atoms with E-state index in [1.54, 1.807) is 12.1 Å². The lowest BCUT2D eigenvalue weighted by Gasteiger charge is -2.27. The lowest BCUT2D eigenvalue weighted by atomic mass is 10.0. The lowest BCUT2D eigenvalue weighted by Crippen LogP contribution is -2.45. The van der Waals surface area contributed by atoms with Gasteiger partial charge in [0.1, 0.15) is 10.7 Å². The number of anilines is 1. The molecule has 0 atom stereocenters. The number of hydrogen-bond acceptors (Lipinski definition) is 8. The molecule has 0 aliphatic carbocycles. The number of nitrogens with zero attached hydrogens (tertiary/aromatic N) is 3. The number of nitrogens with one attached hydrogen (secondary N) is 4. The Kier molecular flexibility index (Phi) is 6.13. The van der Waals surface area contributed by atoms with Gasteiger partial charge in [0.15, 0.2) is 0 Å². The monoisotopic (exact) mass is 409 g/mol. The Bertz CT molecular complexity index is 815. The van der Waals surface area contributed by atoms with Gasteiger partial charge in [-0.3, -0.25) is 9.62 Å². The first-order valence-corrected chi connectivity index (χ1v) is 11.1. The van der Waals surface area contributed by atoms with Gasteiger partial charge in [-0.2, -0.15) is 0 Å². The van der Waals surface area contributed by atoms with Crippen LogP contribution in [0.15, 0.2) is 34.6 Å². The molecule has 0 aromatic carbocycles. The summed E-state index contributed by atoms with van der Waals surface area (Å²) in [6.45, 7) is 11.6. The second-order valence-electron chi connectivity index (χ2n) is 7.76. The van der Waals surface area contributed by atoms with Gasteiger partial charge < -0.3 is 15.6 Å². The smallest absolute Gasteiger partial charge is 0.263 e. The van der Waals surface area contributed by atoms with E-state index < -0.39 is 15.6 Å². The van der Waals surface area contributed by atoms with E-state index in [1.807, 2.05) is 32.8 Å². The van der Waals surface area contributed by atoms with Crippen molar-refractivity contribution in [2.75, 3.05) is 51.6 Å². The predicted octanol–water partition coefficient (Wildman–Crippen LogP) is 0.137. The number of piperazine rings is 1. The van der Waals surface area contributed by atoms with Crippen LogP contribution in [0.25, 0.3) is 0 Å². The number of pyridine rings is 1. The average molecular weight is 410 g/mol. The molecule has 1 fully saturated rings. The van der Waals surface area contributed by atoms with E-state index in [1.165, 1.54) is 6.20 Å². The third-order valence-corrected chi connectivity index (χ3v) is 6.50. The summed E-state index contributed by atoms with van der Waals surface area (Å²) in [6, 6.07) is 3.29. The van der Waals surface area contributed by atoms with Crippen molar-refractivity contribution < 1.29 is 8.42 Å². The molecule has 0 amide bonds. The molecule has 0 spiro atoms. The number of allylic oxidation sites excluding steroid dienone is 1. The van der Waals surface area contributed by atoms with Crippen LogP contribution in [0.4, 0.5) is 5.82 Å². The molecule has 9 nitrogen and oxygen atoms in total. The Hall–Kier alpha value is -1.88. The SMILES string of the molecule is CC1=C(NS(=O)(=O)c2ccc(NCCN3CCNCC3)nc2)C(C)(C)NN1C. The van der Waals surface area contributed by atoms with Crippen molar-refractivity contribution in [1.82, 2.24) is 30.4 Å². The van der Waals surface area contributed by atoms with E-state index in [9.17, 15) is 8.42 Å². The molecule has 3 heterocycles. The lowest BCUT2D eigenvalue weighted by molar-refractivity contribution is 0.249. The minimum Gasteiger partial charge on any atom is -0.369 e. The third-order valence-electron chi connectivity index (χ3n) is 5.16. The Morgan fingerprint density at radius 3 is 2.54 bits per heavy atom. The molecule has 3 rings (SSSR count). The number of hydrazine groups is 1. The van der Waals surface area contributed by atoms with Crippen molar-refractivity contribution in [1.29, 1.82) is 0 Å². The number of aromatic nitrogens is 1. The molecule has 1 aromatic rings. The van der Waals surface area contributed by atoms with Crippen molar-refractivity contribution in [2.24, 2.45) is 0 Å². The van der Waals surface area contributed by atoms with Gasteiger partial charge in [-0.15, -0.1) is 0 Å². The fourth-order valence-electron chi connectivity index (χ4n) is 3.49. The molecule has 2 aliphatic rings. The quantitative estimate of drug-likeness (QED) is 0.504. The summed E-state index contributed by atoms with van der Waals surface area (Å²) in [5, 5.41) is 8.41. The predicted molar refractivity (Wildman–Crippen MR) is 110 cm³/mol. The van der Waals surface area contributed by atoms with Gasteiger partial charge in [0.25, 0.3) is 10.0 Å².